The molecule has 3 aromatic rings. The Hall–Kier alpha value is -2.64. The van der Waals surface area contributed by atoms with Crippen LogP contribution in [0.25, 0.3) is 22.4 Å². The fourth-order valence-corrected chi connectivity index (χ4v) is 4.33. The van der Waals surface area contributed by atoms with Crippen molar-refractivity contribution in [2.24, 2.45) is 0 Å². The second-order valence-corrected chi connectivity index (χ2v) is 9.29. The fraction of sp³-hybridized carbons (Fsp3) is 0.238. The molecule has 1 aliphatic heterocycles. The minimum absolute atomic E-state index is 0.127. The van der Waals surface area contributed by atoms with E-state index in [2.05, 4.69) is 14.2 Å². The van der Waals surface area contributed by atoms with E-state index in [4.69, 9.17) is 37.4 Å². The number of halogens is 5. The summed E-state index contributed by atoms with van der Waals surface area (Å²) >= 11 is 12.8. The zero-order chi connectivity index (χ0) is 25.4. The predicted octanol–water partition coefficient (Wildman–Crippen LogP) is 5.40. The highest BCUT2D eigenvalue weighted by molar-refractivity contribution is 7.88. The van der Waals surface area contributed by atoms with Crippen molar-refractivity contribution in [3.05, 3.63) is 58.3 Å². The quantitative estimate of drug-likeness (QED) is 0.297. The van der Waals surface area contributed by atoms with Gasteiger partial charge in [-0.2, -0.15) is 21.6 Å². The first-order valence-corrected chi connectivity index (χ1v) is 11.9. The van der Waals surface area contributed by atoms with E-state index in [0.29, 0.717) is 30.2 Å². The molecule has 4 rings (SSSR count). The molecule has 186 valence electrons. The van der Waals surface area contributed by atoms with E-state index < -0.39 is 27.7 Å². The number of aromatic nitrogens is 2. The lowest BCUT2D eigenvalue weighted by Crippen LogP contribution is -2.28. The molecule has 1 saturated heterocycles. The topological polar surface area (TPSA) is 96.8 Å². The lowest BCUT2D eigenvalue weighted by Gasteiger charge is -2.16. The van der Waals surface area contributed by atoms with E-state index in [1.165, 1.54) is 25.4 Å². The molecule has 0 unspecified atom stereocenters. The molecule has 1 aromatic heterocycles. The van der Waals surface area contributed by atoms with E-state index in [0.717, 1.165) is 6.07 Å². The van der Waals surface area contributed by atoms with Crippen LogP contribution in [0.4, 0.5) is 13.2 Å². The molecule has 14 heteroatoms. The molecule has 0 spiro atoms. The molecule has 2 heterocycles. The third-order valence-electron chi connectivity index (χ3n) is 4.82. The fourth-order valence-electron chi connectivity index (χ4n) is 3.23. The van der Waals surface area contributed by atoms with Gasteiger partial charge in [0.1, 0.15) is 0 Å². The number of methoxy groups -OCH3 is 1. The normalized spacial score (nSPS) is 14.8. The van der Waals surface area contributed by atoms with Crippen molar-refractivity contribution in [2.75, 3.05) is 20.3 Å². The SMILES string of the molecule is COc1nc(-c2cccc(-c3cccc(OS(=O)(=O)C(F)(F)F)c3Cl)c2Cl)cnc1C1OCCO1. The van der Waals surface area contributed by atoms with Crippen LogP contribution in [-0.4, -0.2) is 44.2 Å². The van der Waals surface area contributed by atoms with Gasteiger partial charge in [0, 0.05) is 16.7 Å². The highest BCUT2D eigenvalue weighted by atomic mass is 35.5. The molecule has 0 bridgehead atoms. The lowest BCUT2D eigenvalue weighted by molar-refractivity contribution is -0.0501. The van der Waals surface area contributed by atoms with Crippen LogP contribution in [0.3, 0.4) is 0 Å². The summed E-state index contributed by atoms with van der Waals surface area (Å²) in [6.07, 6.45) is 0.716. The van der Waals surface area contributed by atoms with E-state index in [1.54, 1.807) is 18.2 Å². The Balaban J connectivity index is 1.74. The van der Waals surface area contributed by atoms with E-state index >= 15 is 0 Å². The summed E-state index contributed by atoms with van der Waals surface area (Å²) < 4.78 is 81.5. The lowest BCUT2D eigenvalue weighted by atomic mass is 10.0. The van der Waals surface area contributed by atoms with Gasteiger partial charge in [0.25, 0.3) is 0 Å². The maximum absolute atomic E-state index is 12.8. The summed E-state index contributed by atoms with van der Waals surface area (Å²) in [7, 11) is -4.52. The molecule has 0 amide bonds. The van der Waals surface area contributed by atoms with Gasteiger partial charge in [0.05, 0.1) is 42.3 Å². The van der Waals surface area contributed by atoms with Crippen LogP contribution in [0.15, 0.2) is 42.6 Å². The Labute approximate surface area is 207 Å². The number of benzene rings is 2. The summed E-state index contributed by atoms with van der Waals surface area (Å²) in [5.74, 6) is -0.549. The number of hydrogen-bond acceptors (Lipinski definition) is 8. The van der Waals surface area contributed by atoms with Crippen molar-refractivity contribution < 1.29 is 40.0 Å². The van der Waals surface area contributed by atoms with Gasteiger partial charge in [-0.05, 0) is 6.07 Å². The highest BCUT2D eigenvalue weighted by Gasteiger charge is 2.48. The number of alkyl halides is 3. The van der Waals surface area contributed by atoms with E-state index in [9.17, 15) is 21.6 Å². The van der Waals surface area contributed by atoms with Crippen molar-refractivity contribution in [3.63, 3.8) is 0 Å². The van der Waals surface area contributed by atoms with Crippen LogP contribution in [0.2, 0.25) is 10.0 Å². The molecular formula is C21H15Cl2F3N2O6S. The monoisotopic (exact) mass is 550 g/mol. The Morgan fingerprint density at radius 3 is 2.23 bits per heavy atom. The van der Waals surface area contributed by atoms with Gasteiger partial charge in [0.2, 0.25) is 12.2 Å². The number of hydrogen-bond donors (Lipinski definition) is 0. The summed E-state index contributed by atoms with van der Waals surface area (Å²) in [6.45, 7) is 0.803. The van der Waals surface area contributed by atoms with Crippen LogP contribution in [-0.2, 0) is 19.6 Å². The van der Waals surface area contributed by atoms with Crippen molar-refractivity contribution in [2.45, 2.75) is 11.8 Å². The molecule has 0 aliphatic carbocycles. The van der Waals surface area contributed by atoms with Gasteiger partial charge in [-0.15, -0.1) is 0 Å². The molecular weight excluding hydrogens is 536 g/mol. The molecule has 1 fully saturated rings. The molecule has 2 aromatic carbocycles. The van der Waals surface area contributed by atoms with Crippen molar-refractivity contribution in [1.82, 2.24) is 9.97 Å². The minimum Gasteiger partial charge on any atom is -0.480 e. The zero-order valence-corrected chi connectivity index (χ0v) is 20.0. The van der Waals surface area contributed by atoms with Gasteiger partial charge in [0.15, 0.2) is 11.4 Å². The molecule has 0 N–H and O–H groups in total. The maximum Gasteiger partial charge on any atom is 0.534 e. The number of ether oxygens (including phenoxy) is 3. The Morgan fingerprint density at radius 2 is 1.60 bits per heavy atom. The Kier molecular flexibility index (Phi) is 7.11. The summed E-state index contributed by atoms with van der Waals surface area (Å²) in [5.41, 5.74) is -4.13. The van der Waals surface area contributed by atoms with Gasteiger partial charge in [-0.25, -0.2) is 9.97 Å². The van der Waals surface area contributed by atoms with Gasteiger partial charge in [-0.3, -0.25) is 0 Å². The van der Waals surface area contributed by atoms with Gasteiger partial charge in [-0.1, -0.05) is 53.5 Å². The first-order chi connectivity index (χ1) is 16.5. The molecule has 1 aliphatic rings. The summed E-state index contributed by atoms with van der Waals surface area (Å²) in [5, 5.41) is -0.253. The largest absolute Gasteiger partial charge is 0.534 e. The van der Waals surface area contributed by atoms with Crippen LogP contribution in [0.1, 0.15) is 12.0 Å². The van der Waals surface area contributed by atoms with Crippen molar-refractivity contribution in [3.8, 4) is 34.0 Å². The number of nitrogens with zero attached hydrogens (tertiary/aromatic N) is 2. The molecule has 35 heavy (non-hydrogen) atoms. The maximum atomic E-state index is 12.8. The first kappa shape index (κ1) is 25.5. The average molecular weight is 551 g/mol. The summed E-state index contributed by atoms with van der Waals surface area (Å²) in [4.78, 5) is 8.76. The standard InChI is InChI=1S/C21H15Cl2F3N2O6S/c1-31-19-18(20-32-8-9-33-20)27-10-14(28-19)13-6-2-4-11(16(13)22)12-5-3-7-15(17(12)23)34-35(29,30)21(24,25)26/h2-7,10,20H,8-9H2,1H3. The second-order valence-electron chi connectivity index (χ2n) is 6.99. The second kappa shape index (κ2) is 9.78. The van der Waals surface area contributed by atoms with Gasteiger partial charge >= 0.3 is 15.6 Å². The van der Waals surface area contributed by atoms with Crippen LogP contribution in [0.5, 0.6) is 11.6 Å². The Morgan fingerprint density at radius 1 is 1.00 bits per heavy atom. The smallest absolute Gasteiger partial charge is 0.480 e. The van der Waals surface area contributed by atoms with E-state index in [-0.39, 0.29) is 27.1 Å². The third-order valence-corrected chi connectivity index (χ3v) is 6.58. The summed E-state index contributed by atoms with van der Waals surface area (Å²) in [6, 6.07) is 8.52. The third kappa shape index (κ3) is 5.02. The van der Waals surface area contributed by atoms with Crippen molar-refractivity contribution >= 4 is 33.3 Å². The van der Waals surface area contributed by atoms with Crippen LogP contribution >= 0.6 is 23.2 Å². The van der Waals surface area contributed by atoms with Gasteiger partial charge < -0.3 is 18.4 Å². The first-order valence-electron chi connectivity index (χ1n) is 9.76. The predicted molar refractivity (Wildman–Crippen MR) is 120 cm³/mol. The molecule has 0 atom stereocenters. The Bertz CT molecular complexity index is 1370. The number of rotatable bonds is 6. The molecule has 0 saturated carbocycles. The highest BCUT2D eigenvalue weighted by Crippen LogP contribution is 2.43. The molecule has 8 nitrogen and oxygen atoms in total. The minimum atomic E-state index is -5.92. The van der Waals surface area contributed by atoms with Crippen molar-refractivity contribution in [1.29, 1.82) is 0 Å². The van der Waals surface area contributed by atoms with Crippen LogP contribution < -0.4 is 8.92 Å². The van der Waals surface area contributed by atoms with Crippen LogP contribution in [0, 0.1) is 0 Å². The van der Waals surface area contributed by atoms with E-state index in [1.807, 2.05) is 0 Å². The zero-order valence-electron chi connectivity index (χ0n) is 17.7. The molecule has 0 radical (unpaired) electrons. The average Bonchev–Trinajstić information content (AvgIpc) is 3.34.